The molecule has 1 fully saturated rings. The molecule has 1 N–H and O–H groups in total. The lowest BCUT2D eigenvalue weighted by atomic mass is 10.3. The zero-order chi connectivity index (χ0) is 21.6. The quantitative estimate of drug-likeness (QED) is 0.630. The Morgan fingerprint density at radius 2 is 1.77 bits per heavy atom. The molecule has 160 valence electrons. The second kappa shape index (κ2) is 9.71. The molecule has 3 heterocycles. The highest BCUT2D eigenvalue weighted by atomic mass is 35.5. The van der Waals surface area contributed by atoms with Gasteiger partial charge in [-0.25, -0.2) is 4.79 Å². The van der Waals surface area contributed by atoms with E-state index in [1.807, 2.05) is 18.2 Å². The third kappa shape index (κ3) is 5.47. The molecule has 1 saturated heterocycles. The number of pyridine rings is 1. The van der Waals surface area contributed by atoms with Crippen LogP contribution < -0.4 is 10.1 Å². The first kappa shape index (κ1) is 21.0. The second-order valence-electron chi connectivity index (χ2n) is 6.67. The zero-order valence-corrected chi connectivity index (χ0v) is 18.0. The fourth-order valence-electron chi connectivity index (χ4n) is 2.96. The number of piperazine rings is 1. The highest BCUT2D eigenvalue weighted by Crippen LogP contribution is 2.24. The number of nitrogens with one attached hydrogen (secondary N) is 1. The van der Waals surface area contributed by atoms with Gasteiger partial charge in [0, 0.05) is 37.4 Å². The van der Waals surface area contributed by atoms with Gasteiger partial charge in [-0.1, -0.05) is 29.0 Å². The summed E-state index contributed by atoms with van der Waals surface area (Å²) < 4.78 is 5.51. The zero-order valence-electron chi connectivity index (χ0n) is 16.4. The fraction of sp³-hybridized carbons (Fsp3) is 0.250. The lowest BCUT2D eigenvalue weighted by Crippen LogP contribution is -2.52. The number of amides is 3. The summed E-state index contributed by atoms with van der Waals surface area (Å²) in [6.45, 7) is 1.65. The number of urea groups is 1. The van der Waals surface area contributed by atoms with Crippen LogP contribution in [0.15, 0.2) is 48.7 Å². The van der Waals surface area contributed by atoms with Gasteiger partial charge in [-0.3, -0.25) is 15.1 Å². The first-order valence-corrected chi connectivity index (χ1v) is 10.7. The minimum absolute atomic E-state index is 0.0606. The minimum Gasteiger partial charge on any atom is -0.484 e. The topological polar surface area (TPSA) is 101 Å². The van der Waals surface area contributed by atoms with Crippen LogP contribution in [0, 0.1) is 0 Å². The molecule has 0 radical (unpaired) electrons. The van der Waals surface area contributed by atoms with Crippen LogP contribution >= 0.6 is 22.9 Å². The third-order valence-electron chi connectivity index (χ3n) is 4.62. The van der Waals surface area contributed by atoms with E-state index < -0.39 is 0 Å². The molecule has 3 amide bonds. The van der Waals surface area contributed by atoms with Crippen LogP contribution in [-0.2, 0) is 4.79 Å². The van der Waals surface area contributed by atoms with E-state index in [1.165, 1.54) is 11.3 Å². The highest BCUT2D eigenvalue weighted by molar-refractivity contribution is 7.18. The molecule has 1 aromatic carbocycles. The molecule has 0 atom stereocenters. The van der Waals surface area contributed by atoms with Gasteiger partial charge < -0.3 is 14.5 Å². The van der Waals surface area contributed by atoms with Crippen molar-refractivity contribution in [1.29, 1.82) is 0 Å². The summed E-state index contributed by atoms with van der Waals surface area (Å²) in [4.78, 5) is 32.5. The maximum atomic E-state index is 12.5. The van der Waals surface area contributed by atoms with Gasteiger partial charge in [0.1, 0.15) is 11.4 Å². The van der Waals surface area contributed by atoms with E-state index in [0.717, 1.165) is 0 Å². The van der Waals surface area contributed by atoms with Crippen LogP contribution in [0.3, 0.4) is 0 Å². The minimum atomic E-state index is -0.270. The fourth-order valence-corrected chi connectivity index (χ4v) is 3.80. The SMILES string of the molecule is O=C(COc1ccc(Cl)cc1)N1CCN(C(=O)Nc2nnc(-c3ccccn3)s2)CC1. The number of aromatic nitrogens is 3. The summed E-state index contributed by atoms with van der Waals surface area (Å²) in [5.74, 6) is 0.456. The Balaban J connectivity index is 1.24. The average molecular weight is 459 g/mol. The molecule has 3 aromatic rings. The Hall–Kier alpha value is -3.24. The molecular weight excluding hydrogens is 440 g/mol. The van der Waals surface area contributed by atoms with Crippen molar-refractivity contribution in [1.82, 2.24) is 25.0 Å². The van der Waals surface area contributed by atoms with Gasteiger partial charge in [-0.15, -0.1) is 10.2 Å². The van der Waals surface area contributed by atoms with Crippen molar-refractivity contribution in [2.75, 3.05) is 38.1 Å². The molecular formula is C20H19ClN6O3S. The normalized spacial score (nSPS) is 13.7. The molecule has 0 saturated carbocycles. The van der Waals surface area contributed by atoms with E-state index in [1.54, 1.807) is 40.3 Å². The Bertz CT molecular complexity index is 1040. The van der Waals surface area contributed by atoms with Crippen LogP contribution in [0.5, 0.6) is 5.75 Å². The molecule has 4 rings (SSSR count). The number of carbonyl (C=O) groups is 2. The van der Waals surface area contributed by atoms with Crippen LogP contribution in [0.2, 0.25) is 5.02 Å². The number of anilines is 1. The monoisotopic (exact) mass is 458 g/mol. The second-order valence-corrected chi connectivity index (χ2v) is 8.08. The highest BCUT2D eigenvalue weighted by Gasteiger charge is 2.25. The number of hydrogen-bond acceptors (Lipinski definition) is 7. The van der Waals surface area contributed by atoms with E-state index >= 15 is 0 Å². The van der Waals surface area contributed by atoms with Crippen molar-refractivity contribution in [3.05, 3.63) is 53.7 Å². The molecule has 0 aliphatic carbocycles. The summed E-state index contributed by atoms with van der Waals surface area (Å²) in [5, 5.41) is 12.5. The summed E-state index contributed by atoms with van der Waals surface area (Å²) in [6.07, 6.45) is 1.68. The Morgan fingerprint density at radius 1 is 1.03 bits per heavy atom. The van der Waals surface area contributed by atoms with Crippen molar-refractivity contribution >= 4 is 40.0 Å². The Labute approximate surface area is 187 Å². The van der Waals surface area contributed by atoms with Crippen molar-refractivity contribution in [2.24, 2.45) is 0 Å². The number of halogens is 1. The van der Waals surface area contributed by atoms with Gasteiger partial charge in [0.05, 0.1) is 0 Å². The van der Waals surface area contributed by atoms with Crippen molar-refractivity contribution < 1.29 is 14.3 Å². The van der Waals surface area contributed by atoms with Gasteiger partial charge >= 0.3 is 6.03 Å². The van der Waals surface area contributed by atoms with E-state index in [9.17, 15) is 9.59 Å². The predicted molar refractivity (Wildman–Crippen MR) is 117 cm³/mol. The van der Waals surface area contributed by atoms with Crippen LogP contribution in [0.25, 0.3) is 10.7 Å². The van der Waals surface area contributed by atoms with Crippen molar-refractivity contribution in [2.45, 2.75) is 0 Å². The van der Waals surface area contributed by atoms with Gasteiger partial charge in [-0.2, -0.15) is 0 Å². The van der Waals surface area contributed by atoms with Crippen LogP contribution in [-0.4, -0.2) is 69.7 Å². The summed E-state index contributed by atoms with van der Waals surface area (Å²) in [5.41, 5.74) is 0.702. The van der Waals surface area contributed by atoms with E-state index in [2.05, 4.69) is 20.5 Å². The lowest BCUT2D eigenvalue weighted by molar-refractivity contribution is -0.134. The number of benzene rings is 1. The van der Waals surface area contributed by atoms with E-state index in [-0.39, 0.29) is 18.5 Å². The number of hydrogen-bond donors (Lipinski definition) is 1. The van der Waals surface area contributed by atoms with Gasteiger partial charge in [-0.05, 0) is 36.4 Å². The molecule has 31 heavy (non-hydrogen) atoms. The van der Waals surface area contributed by atoms with Crippen molar-refractivity contribution in [3.8, 4) is 16.5 Å². The molecule has 9 nitrogen and oxygen atoms in total. The smallest absolute Gasteiger partial charge is 0.323 e. The largest absolute Gasteiger partial charge is 0.484 e. The van der Waals surface area contributed by atoms with Crippen LogP contribution in [0.1, 0.15) is 0 Å². The molecule has 0 unspecified atom stereocenters. The van der Waals surface area contributed by atoms with Gasteiger partial charge in [0.25, 0.3) is 5.91 Å². The third-order valence-corrected chi connectivity index (χ3v) is 5.73. The number of ether oxygens (including phenoxy) is 1. The molecule has 1 aliphatic rings. The van der Waals surface area contributed by atoms with E-state index in [0.29, 0.717) is 52.8 Å². The number of rotatable bonds is 5. The maximum Gasteiger partial charge on any atom is 0.323 e. The van der Waals surface area contributed by atoms with Crippen LogP contribution in [0.4, 0.5) is 9.93 Å². The first-order chi connectivity index (χ1) is 15.1. The first-order valence-electron chi connectivity index (χ1n) is 9.55. The summed E-state index contributed by atoms with van der Waals surface area (Å²) >= 11 is 7.09. The van der Waals surface area contributed by atoms with Crippen molar-refractivity contribution in [3.63, 3.8) is 0 Å². The van der Waals surface area contributed by atoms with Gasteiger partial charge in [0.2, 0.25) is 5.13 Å². The Morgan fingerprint density at radius 3 is 2.48 bits per heavy atom. The van der Waals surface area contributed by atoms with E-state index in [4.69, 9.17) is 16.3 Å². The molecule has 0 bridgehead atoms. The molecule has 0 spiro atoms. The standard InChI is InChI=1S/C20H19ClN6O3S/c21-14-4-6-15(7-5-14)30-13-17(28)26-9-11-27(12-10-26)20(29)23-19-25-24-18(31-19)16-3-1-2-8-22-16/h1-8H,9-13H2,(H,23,25,29). The van der Waals surface area contributed by atoms with Gasteiger partial charge in [0.15, 0.2) is 11.6 Å². The molecule has 11 heteroatoms. The molecule has 1 aliphatic heterocycles. The molecule has 2 aromatic heterocycles. The number of nitrogens with zero attached hydrogens (tertiary/aromatic N) is 5. The summed E-state index contributed by atoms with van der Waals surface area (Å²) in [6, 6.07) is 12.1. The predicted octanol–water partition coefficient (Wildman–Crippen LogP) is 3.01. The maximum absolute atomic E-state index is 12.5. The number of carbonyl (C=O) groups excluding carboxylic acids is 2. The average Bonchev–Trinajstić information content (AvgIpc) is 3.27. The Kier molecular flexibility index (Phi) is 6.58. The lowest BCUT2D eigenvalue weighted by Gasteiger charge is -2.34. The summed E-state index contributed by atoms with van der Waals surface area (Å²) in [7, 11) is 0.